The Morgan fingerprint density at radius 2 is 1.67 bits per heavy atom. The van der Waals surface area contributed by atoms with Gasteiger partial charge in [0, 0.05) is 26.2 Å². The van der Waals surface area contributed by atoms with E-state index in [1.54, 1.807) is 14.2 Å². The maximum atomic E-state index is 13.8. The third-order valence-corrected chi connectivity index (χ3v) is 6.37. The Labute approximate surface area is 178 Å². The van der Waals surface area contributed by atoms with Gasteiger partial charge in [0.15, 0.2) is 0 Å². The second-order valence-electron chi connectivity index (χ2n) is 7.88. The van der Waals surface area contributed by atoms with Crippen LogP contribution in [0, 0.1) is 0 Å². The molecule has 0 unspecified atom stereocenters. The van der Waals surface area contributed by atoms with Crippen LogP contribution in [-0.4, -0.2) is 64.4 Å². The van der Waals surface area contributed by atoms with Gasteiger partial charge in [-0.2, -0.15) is 0 Å². The highest BCUT2D eigenvalue weighted by Gasteiger charge is 2.45. The fourth-order valence-electron chi connectivity index (χ4n) is 4.64. The van der Waals surface area contributed by atoms with Crippen molar-refractivity contribution in [3.8, 4) is 11.5 Å². The number of hydrogen-bond acceptors (Lipinski definition) is 5. The molecule has 2 aromatic rings. The standard InChI is InChI=1S/C24H30N2O4/c1-28-20-7-5-6-19(18-20)24(23(27)26-14-16-30-17-15-26)10-12-25(13-11-24)21-8-3-4-9-22(21)29-2/h3-9,18H,10-17H2,1-2H3. The second-order valence-corrected chi connectivity index (χ2v) is 7.88. The minimum Gasteiger partial charge on any atom is -0.497 e. The smallest absolute Gasteiger partial charge is 0.233 e. The van der Waals surface area contributed by atoms with E-state index < -0.39 is 5.41 Å². The van der Waals surface area contributed by atoms with Crippen molar-refractivity contribution in [2.45, 2.75) is 18.3 Å². The minimum atomic E-state index is -0.551. The molecule has 0 bridgehead atoms. The zero-order valence-corrected chi connectivity index (χ0v) is 17.8. The largest absolute Gasteiger partial charge is 0.497 e. The second kappa shape index (κ2) is 8.96. The number of ether oxygens (including phenoxy) is 3. The Morgan fingerprint density at radius 1 is 0.933 bits per heavy atom. The van der Waals surface area contributed by atoms with Crippen molar-refractivity contribution in [3.05, 3.63) is 54.1 Å². The summed E-state index contributed by atoms with van der Waals surface area (Å²) in [5.74, 6) is 1.86. The number of amides is 1. The van der Waals surface area contributed by atoms with E-state index in [1.807, 2.05) is 41.3 Å². The Morgan fingerprint density at radius 3 is 2.37 bits per heavy atom. The van der Waals surface area contributed by atoms with Crippen LogP contribution in [0.3, 0.4) is 0 Å². The first-order valence-electron chi connectivity index (χ1n) is 10.6. The number of morpholine rings is 1. The summed E-state index contributed by atoms with van der Waals surface area (Å²) in [4.78, 5) is 18.1. The molecule has 0 spiro atoms. The van der Waals surface area contributed by atoms with Crippen molar-refractivity contribution in [2.24, 2.45) is 0 Å². The number of methoxy groups -OCH3 is 2. The molecule has 30 heavy (non-hydrogen) atoms. The lowest BCUT2D eigenvalue weighted by atomic mass is 9.71. The Bertz CT molecular complexity index is 871. The maximum Gasteiger partial charge on any atom is 0.233 e. The molecule has 4 rings (SSSR count). The first-order valence-corrected chi connectivity index (χ1v) is 10.6. The highest BCUT2D eigenvalue weighted by Crippen LogP contribution is 2.41. The molecular formula is C24H30N2O4. The molecule has 2 heterocycles. The summed E-state index contributed by atoms with van der Waals surface area (Å²) >= 11 is 0. The van der Waals surface area contributed by atoms with E-state index in [-0.39, 0.29) is 5.91 Å². The van der Waals surface area contributed by atoms with Crippen LogP contribution in [0.15, 0.2) is 48.5 Å². The van der Waals surface area contributed by atoms with Gasteiger partial charge in [-0.05, 0) is 42.7 Å². The van der Waals surface area contributed by atoms with Crippen molar-refractivity contribution in [3.63, 3.8) is 0 Å². The van der Waals surface area contributed by atoms with Crippen LogP contribution in [0.4, 0.5) is 5.69 Å². The molecule has 2 aliphatic rings. The normalized spacial score (nSPS) is 18.7. The lowest BCUT2D eigenvalue weighted by Gasteiger charge is -2.45. The van der Waals surface area contributed by atoms with Crippen LogP contribution >= 0.6 is 0 Å². The molecule has 0 N–H and O–H groups in total. The summed E-state index contributed by atoms with van der Waals surface area (Å²) in [6, 6.07) is 16.1. The molecular weight excluding hydrogens is 380 g/mol. The topological polar surface area (TPSA) is 51.2 Å². The lowest BCUT2D eigenvalue weighted by molar-refractivity contribution is -0.142. The highest BCUT2D eigenvalue weighted by atomic mass is 16.5. The minimum absolute atomic E-state index is 0.207. The van der Waals surface area contributed by atoms with Crippen LogP contribution in [0.1, 0.15) is 18.4 Å². The van der Waals surface area contributed by atoms with E-state index >= 15 is 0 Å². The number of benzene rings is 2. The van der Waals surface area contributed by atoms with E-state index in [0.29, 0.717) is 26.3 Å². The molecule has 0 saturated carbocycles. The molecule has 2 saturated heterocycles. The first-order chi connectivity index (χ1) is 14.7. The van der Waals surface area contributed by atoms with Crippen molar-refractivity contribution < 1.29 is 19.0 Å². The Balaban J connectivity index is 1.64. The molecule has 6 nitrogen and oxygen atoms in total. The molecule has 0 aromatic heterocycles. The fourth-order valence-corrected chi connectivity index (χ4v) is 4.64. The Hall–Kier alpha value is -2.73. The number of anilines is 1. The summed E-state index contributed by atoms with van der Waals surface area (Å²) < 4.78 is 16.5. The zero-order chi connectivity index (χ0) is 21.0. The van der Waals surface area contributed by atoms with Crippen molar-refractivity contribution >= 4 is 11.6 Å². The number of hydrogen-bond donors (Lipinski definition) is 0. The number of carbonyl (C=O) groups excluding carboxylic acids is 1. The van der Waals surface area contributed by atoms with E-state index in [2.05, 4.69) is 17.0 Å². The number of para-hydroxylation sites is 2. The van der Waals surface area contributed by atoms with Crippen LogP contribution in [0.2, 0.25) is 0 Å². The summed E-state index contributed by atoms with van der Waals surface area (Å²) in [5.41, 5.74) is 1.57. The molecule has 0 radical (unpaired) electrons. The number of piperidine rings is 1. The molecule has 160 valence electrons. The van der Waals surface area contributed by atoms with Gasteiger partial charge in [-0.3, -0.25) is 4.79 Å². The zero-order valence-electron chi connectivity index (χ0n) is 17.8. The number of carbonyl (C=O) groups is 1. The molecule has 6 heteroatoms. The van der Waals surface area contributed by atoms with Gasteiger partial charge < -0.3 is 24.0 Å². The number of rotatable bonds is 5. The van der Waals surface area contributed by atoms with Gasteiger partial charge in [0.1, 0.15) is 11.5 Å². The Kier molecular flexibility index (Phi) is 6.13. The number of nitrogens with zero attached hydrogens (tertiary/aromatic N) is 2. The third-order valence-electron chi connectivity index (χ3n) is 6.37. The monoisotopic (exact) mass is 410 g/mol. The van der Waals surface area contributed by atoms with Crippen LogP contribution in [0.25, 0.3) is 0 Å². The van der Waals surface area contributed by atoms with E-state index in [0.717, 1.165) is 48.7 Å². The van der Waals surface area contributed by atoms with Crippen molar-refractivity contribution in [1.29, 1.82) is 0 Å². The average molecular weight is 411 g/mol. The van der Waals surface area contributed by atoms with Gasteiger partial charge in [0.05, 0.1) is 38.5 Å². The quantitative estimate of drug-likeness (QED) is 0.758. The maximum absolute atomic E-state index is 13.8. The summed E-state index contributed by atoms with van der Waals surface area (Å²) in [6.07, 6.45) is 1.49. The molecule has 0 atom stereocenters. The SMILES string of the molecule is COc1cccc(C2(C(=O)N3CCOCC3)CCN(c3ccccc3OC)CC2)c1. The van der Waals surface area contributed by atoms with E-state index in [9.17, 15) is 4.79 Å². The van der Waals surface area contributed by atoms with Gasteiger partial charge in [0.25, 0.3) is 0 Å². The summed E-state index contributed by atoms with van der Waals surface area (Å²) in [6.45, 7) is 4.09. The van der Waals surface area contributed by atoms with Crippen molar-refractivity contribution in [2.75, 3.05) is 58.5 Å². The van der Waals surface area contributed by atoms with Gasteiger partial charge in [-0.25, -0.2) is 0 Å². The molecule has 2 aromatic carbocycles. The van der Waals surface area contributed by atoms with E-state index in [1.165, 1.54) is 0 Å². The van der Waals surface area contributed by atoms with Gasteiger partial charge in [0.2, 0.25) is 5.91 Å². The van der Waals surface area contributed by atoms with Gasteiger partial charge >= 0.3 is 0 Å². The summed E-state index contributed by atoms with van der Waals surface area (Å²) in [5, 5.41) is 0. The summed E-state index contributed by atoms with van der Waals surface area (Å²) in [7, 11) is 3.37. The fraction of sp³-hybridized carbons (Fsp3) is 0.458. The molecule has 2 fully saturated rings. The molecule has 0 aliphatic carbocycles. The van der Waals surface area contributed by atoms with Crippen molar-refractivity contribution in [1.82, 2.24) is 4.90 Å². The highest BCUT2D eigenvalue weighted by molar-refractivity contribution is 5.89. The van der Waals surface area contributed by atoms with Crippen LogP contribution in [0.5, 0.6) is 11.5 Å². The average Bonchev–Trinajstić information content (AvgIpc) is 2.84. The predicted molar refractivity (Wildman–Crippen MR) is 117 cm³/mol. The van der Waals surface area contributed by atoms with E-state index in [4.69, 9.17) is 14.2 Å². The predicted octanol–water partition coefficient (Wildman–Crippen LogP) is 3.10. The first kappa shape index (κ1) is 20.5. The third kappa shape index (κ3) is 3.84. The van der Waals surface area contributed by atoms with Gasteiger partial charge in [-0.15, -0.1) is 0 Å². The van der Waals surface area contributed by atoms with Gasteiger partial charge in [-0.1, -0.05) is 24.3 Å². The van der Waals surface area contributed by atoms with Crippen LogP contribution in [-0.2, 0) is 14.9 Å². The molecule has 1 amide bonds. The lowest BCUT2D eigenvalue weighted by Crippen LogP contribution is -2.55. The molecule has 2 aliphatic heterocycles. The van der Waals surface area contributed by atoms with Crippen LogP contribution < -0.4 is 14.4 Å².